The molecular formula is C15H19Cl4NO2. The number of halogens is 4. The van der Waals surface area contributed by atoms with Crippen LogP contribution < -0.4 is 5.73 Å². The number of carbonyl (C=O) groups is 1. The molecule has 1 aromatic carbocycles. The number of ether oxygens (including phenoxy) is 1. The molecule has 0 heterocycles. The standard InChI is InChI=1S/C15H19Cl4NO2/c1-3-8(6-12(20)15(21)22-2)4-5-9-10(16)7-11(17)14(19)13(9)18/h7-8,12H,3-6,20H2,1-2H3. The Balaban J connectivity index is 2.76. The summed E-state index contributed by atoms with van der Waals surface area (Å²) in [5.41, 5.74) is 6.58. The lowest BCUT2D eigenvalue weighted by atomic mass is 9.91. The van der Waals surface area contributed by atoms with E-state index in [1.807, 2.05) is 6.92 Å². The Morgan fingerprint density at radius 1 is 1.23 bits per heavy atom. The van der Waals surface area contributed by atoms with Gasteiger partial charge in [-0.15, -0.1) is 0 Å². The molecule has 0 saturated carbocycles. The van der Waals surface area contributed by atoms with Gasteiger partial charge in [-0.25, -0.2) is 0 Å². The Bertz CT molecular complexity index is 537. The van der Waals surface area contributed by atoms with Crippen molar-refractivity contribution in [1.82, 2.24) is 0 Å². The smallest absolute Gasteiger partial charge is 0.322 e. The molecular weight excluding hydrogens is 368 g/mol. The minimum Gasteiger partial charge on any atom is -0.468 e. The first kappa shape index (κ1) is 19.9. The highest BCUT2D eigenvalue weighted by atomic mass is 35.5. The van der Waals surface area contributed by atoms with Crippen molar-refractivity contribution in [3.63, 3.8) is 0 Å². The molecule has 0 amide bonds. The van der Waals surface area contributed by atoms with E-state index in [4.69, 9.17) is 52.1 Å². The quantitative estimate of drug-likeness (QED) is 0.400. The molecule has 0 saturated heterocycles. The lowest BCUT2D eigenvalue weighted by molar-refractivity contribution is -0.142. The topological polar surface area (TPSA) is 52.3 Å². The molecule has 0 radical (unpaired) electrons. The van der Waals surface area contributed by atoms with E-state index in [2.05, 4.69) is 4.74 Å². The molecule has 0 aromatic heterocycles. The molecule has 2 atom stereocenters. The first-order valence-electron chi connectivity index (χ1n) is 6.97. The van der Waals surface area contributed by atoms with Crippen LogP contribution in [0.5, 0.6) is 0 Å². The molecule has 0 aliphatic heterocycles. The highest BCUT2D eigenvalue weighted by Crippen LogP contribution is 2.38. The maximum atomic E-state index is 11.4. The summed E-state index contributed by atoms with van der Waals surface area (Å²) in [5.74, 6) is -0.139. The molecule has 124 valence electrons. The van der Waals surface area contributed by atoms with Crippen molar-refractivity contribution in [2.45, 2.75) is 38.6 Å². The largest absolute Gasteiger partial charge is 0.468 e. The van der Waals surface area contributed by atoms with Crippen molar-refractivity contribution in [1.29, 1.82) is 0 Å². The number of nitrogens with two attached hydrogens (primary N) is 1. The molecule has 0 aliphatic carbocycles. The number of esters is 1. The molecule has 1 rings (SSSR count). The van der Waals surface area contributed by atoms with Crippen molar-refractivity contribution in [3.8, 4) is 0 Å². The van der Waals surface area contributed by atoms with Crippen LogP contribution in [0.15, 0.2) is 6.07 Å². The number of carbonyl (C=O) groups excluding carboxylic acids is 1. The lowest BCUT2D eigenvalue weighted by Gasteiger charge is -2.19. The van der Waals surface area contributed by atoms with Gasteiger partial charge in [0.1, 0.15) is 6.04 Å². The van der Waals surface area contributed by atoms with Crippen molar-refractivity contribution in [3.05, 3.63) is 31.7 Å². The third kappa shape index (κ3) is 5.17. The Kier molecular flexibility index (Phi) is 8.29. The summed E-state index contributed by atoms with van der Waals surface area (Å²) >= 11 is 24.4. The third-order valence-corrected chi connectivity index (χ3v) is 5.32. The predicted octanol–water partition coefficient (Wildman–Crippen LogP) is 5.15. The van der Waals surface area contributed by atoms with Crippen LogP contribution in [0.2, 0.25) is 20.1 Å². The van der Waals surface area contributed by atoms with Gasteiger partial charge in [0.05, 0.1) is 22.2 Å². The third-order valence-electron chi connectivity index (χ3n) is 3.68. The normalized spacial score (nSPS) is 13.8. The Morgan fingerprint density at radius 2 is 1.86 bits per heavy atom. The highest BCUT2D eigenvalue weighted by molar-refractivity contribution is 6.49. The van der Waals surface area contributed by atoms with E-state index in [0.717, 1.165) is 18.4 Å². The van der Waals surface area contributed by atoms with Gasteiger partial charge >= 0.3 is 5.97 Å². The Labute approximate surface area is 151 Å². The second-order valence-corrected chi connectivity index (χ2v) is 6.70. The number of benzene rings is 1. The first-order chi connectivity index (χ1) is 10.3. The molecule has 22 heavy (non-hydrogen) atoms. The summed E-state index contributed by atoms with van der Waals surface area (Å²) in [6, 6.07) is 0.975. The van der Waals surface area contributed by atoms with Crippen molar-refractivity contribution in [2.24, 2.45) is 11.7 Å². The van der Waals surface area contributed by atoms with Crippen LogP contribution >= 0.6 is 46.4 Å². The summed E-state index contributed by atoms with van der Waals surface area (Å²) in [6.07, 6.45) is 2.88. The molecule has 2 unspecified atom stereocenters. The van der Waals surface area contributed by atoms with Gasteiger partial charge < -0.3 is 10.5 Å². The van der Waals surface area contributed by atoms with Crippen LogP contribution in [-0.4, -0.2) is 19.1 Å². The number of rotatable bonds is 7. The lowest BCUT2D eigenvalue weighted by Crippen LogP contribution is -2.33. The van der Waals surface area contributed by atoms with Crippen LogP contribution in [0.25, 0.3) is 0 Å². The van der Waals surface area contributed by atoms with Crippen LogP contribution in [0, 0.1) is 5.92 Å². The molecule has 0 bridgehead atoms. The molecule has 0 fully saturated rings. The average molecular weight is 387 g/mol. The fourth-order valence-electron chi connectivity index (χ4n) is 2.28. The van der Waals surface area contributed by atoms with Crippen molar-refractivity contribution >= 4 is 52.4 Å². The van der Waals surface area contributed by atoms with E-state index in [1.165, 1.54) is 7.11 Å². The maximum absolute atomic E-state index is 11.4. The van der Waals surface area contributed by atoms with Crippen LogP contribution in [0.3, 0.4) is 0 Å². The second kappa shape index (κ2) is 9.19. The van der Waals surface area contributed by atoms with Gasteiger partial charge in [-0.05, 0) is 36.8 Å². The zero-order valence-corrected chi connectivity index (χ0v) is 15.5. The van der Waals surface area contributed by atoms with Crippen molar-refractivity contribution < 1.29 is 9.53 Å². The van der Waals surface area contributed by atoms with Gasteiger partial charge in [0.2, 0.25) is 0 Å². The van der Waals surface area contributed by atoms with E-state index in [1.54, 1.807) is 6.07 Å². The number of hydrogen-bond acceptors (Lipinski definition) is 3. The van der Waals surface area contributed by atoms with Crippen molar-refractivity contribution in [2.75, 3.05) is 7.11 Å². The van der Waals surface area contributed by atoms with Crippen LogP contribution in [0.1, 0.15) is 31.7 Å². The van der Waals surface area contributed by atoms with Gasteiger partial charge in [-0.1, -0.05) is 59.7 Å². The Hall–Kier alpha value is -0.190. The fourth-order valence-corrected chi connectivity index (χ4v) is 3.40. The van der Waals surface area contributed by atoms with Gasteiger partial charge in [-0.2, -0.15) is 0 Å². The summed E-state index contributed by atoms with van der Waals surface area (Å²) < 4.78 is 4.65. The number of hydrogen-bond donors (Lipinski definition) is 1. The number of methoxy groups -OCH3 is 1. The monoisotopic (exact) mass is 385 g/mol. The van der Waals surface area contributed by atoms with Crippen LogP contribution in [0.4, 0.5) is 0 Å². The van der Waals surface area contributed by atoms with E-state index in [-0.39, 0.29) is 5.92 Å². The molecule has 2 N–H and O–H groups in total. The molecule has 1 aromatic rings. The molecule has 7 heteroatoms. The summed E-state index contributed by atoms with van der Waals surface area (Å²) in [4.78, 5) is 11.4. The van der Waals surface area contributed by atoms with Gasteiger partial charge in [0.15, 0.2) is 0 Å². The van der Waals surface area contributed by atoms with Gasteiger partial charge in [0, 0.05) is 5.02 Å². The Morgan fingerprint density at radius 3 is 2.41 bits per heavy atom. The summed E-state index contributed by atoms with van der Waals surface area (Å²) in [5, 5.41) is 1.51. The zero-order valence-electron chi connectivity index (χ0n) is 12.5. The maximum Gasteiger partial charge on any atom is 0.322 e. The zero-order chi connectivity index (χ0) is 16.9. The molecule has 0 spiro atoms. The molecule has 3 nitrogen and oxygen atoms in total. The van der Waals surface area contributed by atoms with E-state index in [0.29, 0.717) is 32.9 Å². The predicted molar refractivity (Wildman–Crippen MR) is 93.2 cm³/mol. The minimum absolute atomic E-state index is 0.260. The average Bonchev–Trinajstić information content (AvgIpc) is 2.50. The fraction of sp³-hybridized carbons (Fsp3) is 0.533. The van der Waals surface area contributed by atoms with E-state index in [9.17, 15) is 4.79 Å². The van der Waals surface area contributed by atoms with E-state index >= 15 is 0 Å². The summed E-state index contributed by atoms with van der Waals surface area (Å²) in [7, 11) is 1.33. The summed E-state index contributed by atoms with van der Waals surface area (Å²) in [6.45, 7) is 2.05. The SMILES string of the molecule is CCC(CCc1c(Cl)cc(Cl)c(Cl)c1Cl)CC(N)C(=O)OC. The molecule has 0 aliphatic rings. The second-order valence-electron chi connectivity index (χ2n) is 5.13. The minimum atomic E-state index is -0.616. The van der Waals surface area contributed by atoms with Crippen LogP contribution in [-0.2, 0) is 16.0 Å². The van der Waals surface area contributed by atoms with E-state index < -0.39 is 12.0 Å². The highest BCUT2D eigenvalue weighted by Gasteiger charge is 2.20. The first-order valence-corrected chi connectivity index (χ1v) is 8.48. The van der Waals surface area contributed by atoms with Gasteiger partial charge in [-0.3, -0.25) is 4.79 Å². The van der Waals surface area contributed by atoms with Gasteiger partial charge in [0.25, 0.3) is 0 Å².